The van der Waals surface area contributed by atoms with Crippen molar-refractivity contribution in [2.24, 2.45) is 0 Å². The molecule has 0 bridgehead atoms. The molecule has 1 amide bonds. The summed E-state index contributed by atoms with van der Waals surface area (Å²) in [5.74, 6) is -16.3. The number of carboxylic acids is 1. The van der Waals surface area contributed by atoms with Crippen molar-refractivity contribution >= 4 is 27.4 Å². The minimum atomic E-state index is -5.69. The molecule has 1 unspecified atom stereocenters. The lowest BCUT2D eigenvalue weighted by molar-refractivity contribution is -0.118. The van der Waals surface area contributed by atoms with E-state index in [2.05, 4.69) is 11.4 Å². The van der Waals surface area contributed by atoms with Crippen LogP contribution in [0.4, 0.5) is 36.4 Å². The van der Waals surface area contributed by atoms with Crippen molar-refractivity contribution in [3.8, 4) is 5.75 Å². The van der Waals surface area contributed by atoms with Gasteiger partial charge in [-0.2, -0.15) is 0 Å². The molecule has 0 saturated heterocycles. The van der Waals surface area contributed by atoms with Gasteiger partial charge >= 0.3 is 5.97 Å². The Labute approximate surface area is 299 Å². The monoisotopic (exact) mass is 764 g/mol. The summed E-state index contributed by atoms with van der Waals surface area (Å²) < 4.78 is 135. The van der Waals surface area contributed by atoms with E-state index in [0.29, 0.717) is 17.4 Å². The van der Waals surface area contributed by atoms with Crippen LogP contribution in [0.15, 0.2) is 59.5 Å². The third kappa shape index (κ3) is 7.88. The molecule has 0 aliphatic heterocycles. The lowest BCUT2D eigenvalue weighted by Crippen LogP contribution is -2.41. The number of ether oxygens (including phenoxy) is 1. The Morgan fingerprint density at radius 3 is 1.98 bits per heavy atom. The van der Waals surface area contributed by atoms with Gasteiger partial charge in [0, 0.05) is 12.1 Å². The maximum absolute atomic E-state index is 15.2. The number of benzene rings is 4. The molecule has 2 saturated carbocycles. The van der Waals surface area contributed by atoms with Crippen LogP contribution in [0.25, 0.3) is 0 Å². The van der Waals surface area contributed by atoms with Crippen LogP contribution in [-0.4, -0.2) is 38.6 Å². The van der Waals surface area contributed by atoms with Crippen LogP contribution in [-0.2, 0) is 21.2 Å². The van der Waals surface area contributed by atoms with Gasteiger partial charge in [0.25, 0.3) is 0 Å². The largest absolute Gasteiger partial charge is 0.492 e. The Kier molecular flexibility index (Phi) is 10.6. The third-order valence-corrected chi connectivity index (χ3v) is 10.9. The number of halogens is 7. The Balaban J connectivity index is 1.43. The number of rotatable bonds is 14. The van der Waals surface area contributed by atoms with E-state index in [0.717, 1.165) is 41.7 Å². The summed E-state index contributed by atoms with van der Waals surface area (Å²) in [6.07, 6.45) is 3.89. The van der Waals surface area contributed by atoms with Crippen LogP contribution in [0.5, 0.6) is 5.75 Å². The van der Waals surface area contributed by atoms with Crippen molar-refractivity contribution < 1.29 is 58.6 Å². The molecule has 4 aromatic carbocycles. The average molecular weight is 765 g/mol. The molecule has 2 aliphatic carbocycles. The Hall–Kier alpha value is -4.96. The van der Waals surface area contributed by atoms with E-state index in [4.69, 9.17) is 4.74 Å². The second-order valence-corrected chi connectivity index (χ2v) is 14.8. The molecule has 16 heteroatoms. The highest BCUT2D eigenvalue weighted by Gasteiger charge is 2.39. The van der Waals surface area contributed by atoms with Crippen molar-refractivity contribution in [2.75, 3.05) is 18.1 Å². The first-order chi connectivity index (χ1) is 25.1. The fourth-order valence-corrected chi connectivity index (χ4v) is 7.80. The van der Waals surface area contributed by atoms with Crippen LogP contribution >= 0.6 is 0 Å². The number of hydrogen-bond donors (Lipinski definition) is 2. The molecule has 2 N–H and O–H groups in total. The molecule has 8 nitrogen and oxygen atoms in total. The second kappa shape index (κ2) is 14.8. The number of amides is 1. The first-order valence-electron chi connectivity index (χ1n) is 16.5. The maximum Gasteiger partial charge on any atom is 0.335 e. The van der Waals surface area contributed by atoms with Crippen LogP contribution in [0.2, 0.25) is 0 Å². The molecule has 0 aromatic heterocycles. The van der Waals surface area contributed by atoms with E-state index in [-0.39, 0.29) is 48.4 Å². The Morgan fingerprint density at radius 2 is 1.43 bits per heavy atom. The Bertz CT molecular complexity index is 2170. The number of aromatic carboxylic acids is 1. The van der Waals surface area contributed by atoms with E-state index in [1.165, 1.54) is 18.2 Å². The second-order valence-electron chi connectivity index (χ2n) is 12.8. The molecule has 280 valence electrons. The maximum atomic E-state index is 15.2. The Morgan fingerprint density at radius 1 is 0.830 bits per heavy atom. The molecule has 0 radical (unpaired) electrons. The summed E-state index contributed by atoms with van der Waals surface area (Å²) in [5, 5.41) is 8.91. The van der Waals surface area contributed by atoms with Crippen molar-refractivity contribution in [2.45, 2.75) is 61.3 Å². The summed E-state index contributed by atoms with van der Waals surface area (Å²) in [6.45, 7) is 0.331. The number of sulfone groups is 1. The topological polar surface area (TPSA) is 113 Å². The van der Waals surface area contributed by atoms with Gasteiger partial charge in [0.15, 0.2) is 23.3 Å². The number of carbonyl (C=O) groups excluding carboxylic acids is 1. The standard InChI is InChI=1S/C37H31F7N2O6S/c1-2-52-29-12-21(37(48)49)7-8-28(29)46(17-18-9-22(19-3-4-19)11-23(10-18)20-5-6-20)31(47)16-45-36(32-25(39)13-24(38)14-26(32)40)53(50,51)30-15-27(41)33(42)35(44)34(30)43/h7-15,19-20,36,45H,2-6,16-17H2,1H3,(H,48,49). The van der Waals surface area contributed by atoms with E-state index < -0.39 is 84.8 Å². The van der Waals surface area contributed by atoms with Crippen LogP contribution in [0.3, 0.4) is 0 Å². The highest BCUT2D eigenvalue weighted by molar-refractivity contribution is 7.91. The third-order valence-electron chi connectivity index (χ3n) is 9.00. The van der Waals surface area contributed by atoms with Crippen molar-refractivity contribution in [1.82, 2.24) is 5.32 Å². The van der Waals surface area contributed by atoms with Gasteiger partial charge in [-0.15, -0.1) is 0 Å². The van der Waals surface area contributed by atoms with Gasteiger partial charge in [0.1, 0.15) is 33.5 Å². The molecular weight excluding hydrogens is 733 g/mol. The van der Waals surface area contributed by atoms with E-state index in [9.17, 15) is 45.1 Å². The summed E-state index contributed by atoms with van der Waals surface area (Å²) in [4.78, 5) is 25.3. The lowest BCUT2D eigenvalue weighted by atomic mass is 9.99. The minimum absolute atomic E-state index is 0.0269. The summed E-state index contributed by atoms with van der Waals surface area (Å²) in [6, 6.07) is 9.54. The first-order valence-corrected chi connectivity index (χ1v) is 18.0. The number of nitrogens with one attached hydrogen (secondary N) is 1. The number of hydrogen-bond acceptors (Lipinski definition) is 6. The number of carbonyl (C=O) groups is 2. The zero-order chi connectivity index (χ0) is 38.4. The van der Waals surface area contributed by atoms with Gasteiger partial charge in [0.2, 0.25) is 15.7 Å². The molecule has 1 atom stereocenters. The normalized spacial score (nSPS) is 14.9. The first kappa shape index (κ1) is 37.8. The molecule has 0 spiro atoms. The van der Waals surface area contributed by atoms with Gasteiger partial charge < -0.3 is 14.7 Å². The smallest absolute Gasteiger partial charge is 0.335 e. The predicted octanol–water partition coefficient (Wildman–Crippen LogP) is 7.81. The fourth-order valence-electron chi connectivity index (χ4n) is 6.10. The van der Waals surface area contributed by atoms with Crippen molar-refractivity contribution in [1.29, 1.82) is 0 Å². The number of nitrogens with zero attached hydrogens (tertiary/aromatic N) is 1. The fraction of sp³-hybridized carbons (Fsp3) is 0.297. The van der Waals surface area contributed by atoms with Crippen molar-refractivity contribution in [3.63, 3.8) is 0 Å². The molecule has 2 fully saturated rings. The summed E-state index contributed by atoms with van der Waals surface area (Å²) in [5.41, 5.74) is 1.13. The van der Waals surface area contributed by atoms with Gasteiger partial charge in [-0.3, -0.25) is 10.1 Å². The molecule has 53 heavy (non-hydrogen) atoms. The zero-order valence-corrected chi connectivity index (χ0v) is 28.7. The average Bonchev–Trinajstić information content (AvgIpc) is 4.02. The van der Waals surface area contributed by atoms with Crippen LogP contribution in [0, 0.1) is 40.7 Å². The van der Waals surface area contributed by atoms with Gasteiger partial charge in [-0.05, 0) is 85.4 Å². The lowest BCUT2D eigenvalue weighted by Gasteiger charge is -2.28. The van der Waals surface area contributed by atoms with E-state index >= 15 is 8.78 Å². The highest BCUT2D eigenvalue weighted by Crippen LogP contribution is 2.46. The summed E-state index contributed by atoms with van der Waals surface area (Å²) >= 11 is 0. The number of carboxylic acid groups (broad SMARTS) is 1. The number of anilines is 1. The predicted molar refractivity (Wildman–Crippen MR) is 177 cm³/mol. The van der Waals surface area contributed by atoms with Crippen LogP contribution < -0.4 is 15.0 Å². The molecule has 4 aromatic rings. The molecule has 2 aliphatic rings. The minimum Gasteiger partial charge on any atom is -0.492 e. The highest BCUT2D eigenvalue weighted by atomic mass is 32.2. The van der Waals surface area contributed by atoms with Gasteiger partial charge in [-0.1, -0.05) is 18.2 Å². The van der Waals surface area contributed by atoms with E-state index in [1.54, 1.807) is 6.92 Å². The molecular formula is C37H31F7N2O6S. The summed E-state index contributed by atoms with van der Waals surface area (Å²) in [7, 11) is -5.69. The van der Waals surface area contributed by atoms with E-state index in [1.807, 2.05) is 12.1 Å². The molecule has 0 heterocycles. The van der Waals surface area contributed by atoms with Gasteiger partial charge in [-0.25, -0.2) is 43.9 Å². The van der Waals surface area contributed by atoms with Gasteiger partial charge in [0.05, 0.1) is 36.5 Å². The van der Waals surface area contributed by atoms with Crippen molar-refractivity contribution in [3.05, 3.63) is 123 Å². The quantitative estimate of drug-likeness (QED) is 0.0583. The van der Waals surface area contributed by atoms with Crippen LogP contribution in [0.1, 0.15) is 82.4 Å². The zero-order valence-electron chi connectivity index (χ0n) is 27.9. The SMILES string of the molecule is CCOc1cc(C(=O)O)ccc1N(Cc1cc(C2CC2)cc(C2CC2)c1)C(=O)CNC(c1c(F)cc(F)cc1F)S(=O)(=O)c1cc(F)c(F)c(F)c1F. The molecule has 6 rings (SSSR count).